The van der Waals surface area contributed by atoms with E-state index in [0.29, 0.717) is 0 Å². The standard InChI is InChI=1S/C27H27Si.3ClH.Ti/c1-20-9-5-13-24(17-20)28(27-16-8-12-23(27)4,25-14-6-10-21(2)18-25)26-15-7-11-22(3)19-26;;;;/h5-7,9-15,17-19H,8H2,1-4H3;3*1H;. The summed E-state index contributed by atoms with van der Waals surface area (Å²) in [5, 5.41) is 6.05. The summed E-state index contributed by atoms with van der Waals surface area (Å²) in [6.45, 7) is 8.96. The molecule has 0 atom stereocenters. The second kappa shape index (κ2) is 11.9. The van der Waals surface area contributed by atoms with Gasteiger partial charge in [-0.15, -0.1) is 37.2 Å². The van der Waals surface area contributed by atoms with Crippen molar-refractivity contribution < 1.29 is 20.4 Å². The molecule has 3 aromatic carbocycles. The van der Waals surface area contributed by atoms with Gasteiger partial charge in [0.1, 0.15) is 0 Å². The topological polar surface area (TPSA) is 0 Å². The first-order valence-corrected chi connectivity index (χ1v) is 13.0. The molecular weight excluding hydrogens is 507 g/mol. The molecule has 0 fully saturated rings. The van der Waals surface area contributed by atoms with Crippen molar-refractivity contribution in [3.05, 3.63) is 110 Å². The van der Waals surface area contributed by atoms with E-state index in [1.54, 1.807) is 5.20 Å². The van der Waals surface area contributed by atoms with Crippen molar-refractivity contribution in [2.75, 3.05) is 0 Å². The molecule has 0 bridgehead atoms. The third-order valence-electron chi connectivity index (χ3n) is 6.04. The van der Waals surface area contributed by atoms with E-state index in [9.17, 15) is 0 Å². The Bertz CT molecular complexity index is 1040. The molecule has 0 radical (unpaired) electrons. The zero-order chi connectivity index (χ0) is 20.6. The van der Waals surface area contributed by atoms with Crippen LogP contribution in [0.5, 0.6) is 0 Å². The summed E-state index contributed by atoms with van der Waals surface area (Å²) in [5.74, 6) is 0. The molecule has 5 heteroatoms. The number of halogens is 3. The van der Waals surface area contributed by atoms with E-state index in [1.165, 1.54) is 41.7 Å². The molecule has 167 valence electrons. The molecule has 32 heavy (non-hydrogen) atoms. The van der Waals surface area contributed by atoms with Crippen molar-refractivity contribution >= 4 is 60.9 Å². The minimum Gasteiger partial charge on any atom is -0.147 e. The molecule has 0 heterocycles. The van der Waals surface area contributed by atoms with Gasteiger partial charge in [0, 0.05) is 0 Å². The molecule has 0 aliphatic heterocycles. The van der Waals surface area contributed by atoms with Gasteiger partial charge in [-0.25, -0.2) is 0 Å². The zero-order valence-electron chi connectivity index (χ0n) is 18.9. The number of hydrogen-bond acceptors (Lipinski definition) is 0. The fourth-order valence-electron chi connectivity index (χ4n) is 4.79. The number of aryl methyl sites for hydroxylation is 3. The van der Waals surface area contributed by atoms with Crippen LogP contribution in [0, 0.1) is 20.8 Å². The van der Waals surface area contributed by atoms with Crippen molar-refractivity contribution in [2.24, 2.45) is 0 Å². The van der Waals surface area contributed by atoms with Crippen LogP contribution in [-0.4, -0.2) is 8.07 Å². The maximum atomic E-state index is 2.43. The van der Waals surface area contributed by atoms with Crippen molar-refractivity contribution in [2.45, 2.75) is 34.1 Å². The largest absolute Gasteiger partial charge is 0.147 e. The summed E-state index contributed by atoms with van der Waals surface area (Å²) in [6.07, 6.45) is 3.49. The molecule has 0 saturated carbocycles. The normalized spacial score (nSPS) is 12.9. The number of hydrogen-bond donors (Lipinski definition) is 0. The minimum absolute atomic E-state index is 0. The Morgan fingerprint density at radius 2 is 1.00 bits per heavy atom. The molecular formula is C27H30Cl3SiTi. The second-order valence-electron chi connectivity index (χ2n) is 8.30. The van der Waals surface area contributed by atoms with Crippen molar-refractivity contribution in [3.63, 3.8) is 0 Å². The van der Waals surface area contributed by atoms with E-state index in [4.69, 9.17) is 0 Å². The van der Waals surface area contributed by atoms with Crippen molar-refractivity contribution in [1.29, 1.82) is 0 Å². The average Bonchev–Trinajstić information content (AvgIpc) is 3.02. The Balaban J connectivity index is 0.00000171. The van der Waals surface area contributed by atoms with Crippen LogP contribution in [0.2, 0.25) is 0 Å². The third kappa shape index (κ3) is 5.20. The van der Waals surface area contributed by atoms with Gasteiger partial charge in [-0.2, -0.15) is 0 Å². The van der Waals surface area contributed by atoms with Gasteiger partial charge >= 0.3 is 188 Å². The monoisotopic (exact) mass is 535 g/mol. The van der Waals surface area contributed by atoms with Crippen LogP contribution < -0.4 is 15.6 Å². The maximum Gasteiger partial charge on any atom is -0.147 e. The van der Waals surface area contributed by atoms with E-state index in [-0.39, 0.29) is 37.2 Å². The van der Waals surface area contributed by atoms with Gasteiger partial charge in [-0.3, -0.25) is 0 Å². The van der Waals surface area contributed by atoms with Crippen LogP contribution in [0.4, 0.5) is 0 Å². The summed E-state index contributed by atoms with van der Waals surface area (Å²) >= 11 is 2.34. The van der Waals surface area contributed by atoms with Crippen LogP contribution in [-0.2, 0) is 20.4 Å². The van der Waals surface area contributed by atoms with Crippen LogP contribution >= 0.6 is 37.2 Å². The fraction of sp³-hybridized carbons (Fsp3) is 0.185. The first kappa shape index (κ1) is 29.0. The minimum atomic E-state index is -2.40. The van der Waals surface area contributed by atoms with Gasteiger partial charge in [0.05, 0.1) is 0 Å². The summed E-state index contributed by atoms with van der Waals surface area (Å²) in [5.41, 5.74) is 5.45. The first-order chi connectivity index (χ1) is 13.9. The maximum absolute atomic E-state index is 2.43. The number of allylic oxidation sites excluding steroid dienone is 4. The van der Waals surface area contributed by atoms with Gasteiger partial charge in [-0.1, -0.05) is 0 Å². The van der Waals surface area contributed by atoms with Gasteiger partial charge in [-0.05, 0) is 0 Å². The van der Waals surface area contributed by atoms with E-state index in [0.717, 1.165) is 6.42 Å². The fourth-order valence-corrected chi connectivity index (χ4v) is 11.6. The molecule has 4 rings (SSSR count). The molecule has 0 nitrogen and oxygen atoms in total. The first-order valence-electron chi connectivity index (χ1n) is 10.3. The Hall–Kier alpha value is -1.06. The average molecular weight is 537 g/mol. The van der Waals surface area contributed by atoms with E-state index >= 15 is 0 Å². The predicted octanol–water partition coefficient (Wildman–Crippen LogP) is 6.04. The Labute approximate surface area is 224 Å². The summed E-state index contributed by atoms with van der Waals surface area (Å²) in [7, 11) is -2.40. The Morgan fingerprint density at radius 3 is 1.28 bits per heavy atom. The van der Waals surface area contributed by atoms with E-state index < -0.39 is 8.07 Å². The van der Waals surface area contributed by atoms with Gasteiger partial charge < -0.3 is 0 Å². The van der Waals surface area contributed by atoms with Crippen LogP contribution in [0.25, 0.3) is 0 Å². The van der Waals surface area contributed by atoms with Gasteiger partial charge in [0.2, 0.25) is 0 Å². The molecule has 0 unspecified atom stereocenters. The van der Waals surface area contributed by atoms with E-state index in [2.05, 4.69) is 127 Å². The third-order valence-corrected chi connectivity index (χ3v) is 12.1. The molecule has 0 saturated heterocycles. The molecule has 0 amide bonds. The van der Waals surface area contributed by atoms with Crippen molar-refractivity contribution in [3.8, 4) is 0 Å². The Kier molecular flexibility index (Phi) is 10.8. The molecule has 3 aromatic rings. The molecule has 1 aliphatic carbocycles. The van der Waals surface area contributed by atoms with Crippen LogP contribution in [0.3, 0.4) is 0 Å². The van der Waals surface area contributed by atoms with E-state index in [1.807, 2.05) is 0 Å². The summed E-state index contributed by atoms with van der Waals surface area (Å²) in [6, 6.07) is 27.8. The van der Waals surface area contributed by atoms with Gasteiger partial charge in [0.15, 0.2) is 0 Å². The smallest absolute Gasteiger partial charge is 0.147 e. The number of benzene rings is 3. The van der Waals surface area contributed by atoms with Crippen molar-refractivity contribution in [1.82, 2.24) is 0 Å². The quantitative estimate of drug-likeness (QED) is 0.282. The van der Waals surface area contributed by atoms with Crippen LogP contribution in [0.15, 0.2) is 93.5 Å². The van der Waals surface area contributed by atoms with Crippen LogP contribution in [0.1, 0.15) is 30.0 Å². The zero-order valence-corrected chi connectivity index (χ0v) is 23.9. The summed E-state index contributed by atoms with van der Waals surface area (Å²) < 4.78 is 1.53. The SMILES string of the molecule is CC1=CC[C]([Ti])=C1[Si](c1cccc(C)c1)(c1cccc(C)c1)c1cccc(C)c1.Cl.Cl.Cl. The molecule has 0 spiro atoms. The summed E-state index contributed by atoms with van der Waals surface area (Å²) in [4.78, 5) is 0. The van der Waals surface area contributed by atoms with Gasteiger partial charge in [0.25, 0.3) is 0 Å². The Morgan fingerprint density at radius 1 is 0.625 bits per heavy atom. The molecule has 1 aliphatic rings. The molecule has 0 N–H and O–H groups in total. The predicted molar refractivity (Wildman–Crippen MR) is 145 cm³/mol. The molecule has 0 aromatic heterocycles. The second-order valence-corrected chi connectivity index (χ2v) is 13.0. The number of rotatable bonds is 4.